The van der Waals surface area contributed by atoms with Crippen LogP contribution in [0.15, 0.2) is 42.5 Å². The fourth-order valence-electron chi connectivity index (χ4n) is 2.63. The Kier molecular flexibility index (Phi) is 4.85. The van der Waals surface area contributed by atoms with Crippen molar-refractivity contribution in [2.45, 2.75) is 6.61 Å². The number of H-pyrrole nitrogens is 1. The summed E-state index contributed by atoms with van der Waals surface area (Å²) in [6.07, 6.45) is 0. The van der Waals surface area contributed by atoms with Gasteiger partial charge in [0.15, 0.2) is 17.3 Å². The molecule has 28 heavy (non-hydrogen) atoms. The van der Waals surface area contributed by atoms with Gasteiger partial charge in [-0.1, -0.05) is 35.4 Å². The molecule has 0 radical (unpaired) electrons. The SMILES string of the molecule is COc1cc2c(OCc3ccccc3)c(C(=O)Nc3nn[nH]n3)sc2cc1F. The number of anilines is 1. The summed E-state index contributed by atoms with van der Waals surface area (Å²) in [6.45, 7) is 0.245. The molecule has 4 aromatic rings. The molecule has 0 fully saturated rings. The van der Waals surface area contributed by atoms with Gasteiger partial charge in [0.1, 0.15) is 11.5 Å². The Bertz CT molecular complexity index is 1120. The molecular formula is C18H14FN5O3S. The summed E-state index contributed by atoms with van der Waals surface area (Å²) in [4.78, 5) is 13.0. The number of rotatable bonds is 6. The normalized spacial score (nSPS) is 10.8. The van der Waals surface area contributed by atoms with Crippen LogP contribution in [-0.4, -0.2) is 33.6 Å². The lowest BCUT2D eigenvalue weighted by molar-refractivity contribution is 0.102. The molecule has 0 aliphatic heterocycles. The van der Waals surface area contributed by atoms with Crippen molar-refractivity contribution in [1.82, 2.24) is 20.6 Å². The molecule has 2 aromatic carbocycles. The van der Waals surface area contributed by atoms with Crippen LogP contribution in [0.1, 0.15) is 15.2 Å². The third-order valence-electron chi connectivity index (χ3n) is 3.92. The molecule has 2 N–H and O–H groups in total. The van der Waals surface area contributed by atoms with E-state index in [1.54, 1.807) is 0 Å². The lowest BCUT2D eigenvalue weighted by Crippen LogP contribution is -2.13. The Morgan fingerprint density at radius 3 is 2.82 bits per heavy atom. The standard InChI is InChI=1S/C18H14FN5O3S/c1-26-13-7-11-14(8-12(13)19)28-16(17(25)20-18-21-23-24-22-18)15(11)27-9-10-5-3-2-4-6-10/h2-8H,9H2,1H3,(H2,20,21,22,23,24,25). The molecule has 0 spiro atoms. The average Bonchev–Trinajstić information content (AvgIpc) is 3.34. The highest BCUT2D eigenvalue weighted by Gasteiger charge is 2.23. The molecule has 1 amide bonds. The van der Waals surface area contributed by atoms with Gasteiger partial charge in [-0.25, -0.2) is 4.39 Å². The number of fused-ring (bicyclic) bond motifs is 1. The van der Waals surface area contributed by atoms with Crippen LogP contribution in [0.4, 0.5) is 10.3 Å². The molecule has 8 nitrogen and oxygen atoms in total. The van der Waals surface area contributed by atoms with Crippen molar-refractivity contribution in [2.24, 2.45) is 0 Å². The van der Waals surface area contributed by atoms with E-state index in [1.807, 2.05) is 30.3 Å². The Morgan fingerprint density at radius 1 is 1.29 bits per heavy atom. The molecule has 10 heteroatoms. The van der Waals surface area contributed by atoms with Gasteiger partial charge in [-0.3, -0.25) is 10.1 Å². The summed E-state index contributed by atoms with van der Waals surface area (Å²) in [5, 5.41) is 16.2. The van der Waals surface area contributed by atoms with Gasteiger partial charge in [-0.2, -0.15) is 5.21 Å². The average molecular weight is 399 g/mol. The molecule has 0 aliphatic carbocycles. The van der Waals surface area contributed by atoms with Crippen molar-refractivity contribution in [3.63, 3.8) is 0 Å². The molecule has 0 saturated carbocycles. The predicted molar refractivity (Wildman–Crippen MR) is 101 cm³/mol. The van der Waals surface area contributed by atoms with Gasteiger partial charge >= 0.3 is 0 Å². The van der Waals surface area contributed by atoms with Crippen LogP contribution in [-0.2, 0) is 6.61 Å². The molecule has 2 heterocycles. The molecule has 0 saturated heterocycles. The number of tetrazole rings is 1. The van der Waals surface area contributed by atoms with Crippen LogP contribution in [0, 0.1) is 5.82 Å². The lowest BCUT2D eigenvalue weighted by Gasteiger charge is -2.09. The zero-order valence-electron chi connectivity index (χ0n) is 14.6. The number of hydrogen-bond acceptors (Lipinski definition) is 7. The van der Waals surface area contributed by atoms with Crippen molar-refractivity contribution in [1.29, 1.82) is 0 Å². The highest BCUT2D eigenvalue weighted by molar-refractivity contribution is 7.21. The number of nitrogens with one attached hydrogen (secondary N) is 2. The topological polar surface area (TPSA) is 102 Å². The summed E-state index contributed by atoms with van der Waals surface area (Å²) in [6, 6.07) is 12.4. The van der Waals surface area contributed by atoms with Crippen molar-refractivity contribution < 1.29 is 18.7 Å². The van der Waals surface area contributed by atoms with E-state index in [0.717, 1.165) is 16.9 Å². The summed E-state index contributed by atoms with van der Waals surface area (Å²) in [5.41, 5.74) is 0.931. The molecule has 4 rings (SSSR count). The largest absolute Gasteiger partial charge is 0.494 e. The van der Waals surface area contributed by atoms with Gasteiger partial charge in [-0.15, -0.1) is 16.4 Å². The minimum absolute atomic E-state index is 0.0280. The fraction of sp³-hybridized carbons (Fsp3) is 0.111. The first-order chi connectivity index (χ1) is 13.7. The van der Waals surface area contributed by atoms with Crippen molar-refractivity contribution >= 4 is 33.3 Å². The molecule has 0 unspecified atom stereocenters. The monoisotopic (exact) mass is 399 g/mol. The molecule has 2 aromatic heterocycles. The summed E-state index contributed by atoms with van der Waals surface area (Å²) < 4.78 is 25.7. The maximum Gasteiger partial charge on any atom is 0.272 e. The zero-order chi connectivity index (χ0) is 19.5. The number of aromatic nitrogens is 4. The second-order valence-corrected chi connectivity index (χ2v) is 6.76. The number of thiophene rings is 1. The van der Waals surface area contributed by atoms with E-state index >= 15 is 0 Å². The van der Waals surface area contributed by atoms with Gasteiger partial charge in [0.25, 0.3) is 11.9 Å². The Labute approximate surface area is 162 Å². The number of benzene rings is 2. The number of methoxy groups -OCH3 is 1. The molecule has 142 valence electrons. The minimum atomic E-state index is -0.518. The number of ether oxygens (including phenoxy) is 2. The Morgan fingerprint density at radius 2 is 2.11 bits per heavy atom. The maximum absolute atomic E-state index is 14.1. The highest BCUT2D eigenvalue weighted by atomic mass is 32.1. The first-order valence-corrected chi connectivity index (χ1v) is 8.99. The van der Waals surface area contributed by atoms with Crippen LogP contribution in [0.2, 0.25) is 0 Å². The van der Waals surface area contributed by atoms with E-state index < -0.39 is 11.7 Å². The van der Waals surface area contributed by atoms with Crippen molar-refractivity contribution in [2.75, 3.05) is 12.4 Å². The maximum atomic E-state index is 14.1. The lowest BCUT2D eigenvalue weighted by atomic mass is 10.2. The first kappa shape index (κ1) is 17.9. The fourth-order valence-corrected chi connectivity index (χ4v) is 3.68. The minimum Gasteiger partial charge on any atom is -0.494 e. The van der Waals surface area contributed by atoms with Crippen LogP contribution in [0.5, 0.6) is 11.5 Å². The van der Waals surface area contributed by atoms with Crippen molar-refractivity contribution in [3.05, 3.63) is 58.7 Å². The second-order valence-electron chi connectivity index (χ2n) is 5.71. The van der Waals surface area contributed by atoms with Gasteiger partial charge in [0.2, 0.25) is 0 Å². The van der Waals surface area contributed by atoms with E-state index in [0.29, 0.717) is 15.8 Å². The number of carbonyl (C=O) groups excluding carboxylic acids is 1. The number of amides is 1. The van der Waals surface area contributed by atoms with Crippen LogP contribution < -0.4 is 14.8 Å². The quantitative estimate of drug-likeness (QED) is 0.515. The smallest absolute Gasteiger partial charge is 0.272 e. The molecular weight excluding hydrogens is 385 g/mol. The van der Waals surface area contributed by atoms with Gasteiger partial charge < -0.3 is 9.47 Å². The number of aromatic amines is 1. The van der Waals surface area contributed by atoms with Crippen LogP contribution in [0.25, 0.3) is 10.1 Å². The number of carbonyl (C=O) groups is 1. The molecule has 0 atom stereocenters. The molecule has 0 bridgehead atoms. The highest BCUT2D eigenvalue weighted by Crippen LogP contribution is 2.41. The Balaban J connectivity index is 1.74. The molecule has 0 aliphatic rings. The first-order valence-electron chi connectivity index (χ1n) is 8.17. The van der Waals surface area contributed by atoms with E-state index in [9.17, 15) is 9.18 Å². The van der Waals surface area contributed by atoms with E-state index in [1.165, 1.54) is 19.2 Å². The summed E-state index contributed by atoms with van der Waals surface area (Å²) in [5.74, 6) is -0.565. The van der Waals surface area contributed by atoms with Crippen molar-refractivity contribution in [3.8, 4) is 11.5 Å². The second kappa shape index (κ2) is 7.61. The number of halogens is 1. The third kappa shape index (κ3) is 3.49. The van der Waals surface area contributed by atoms with Crippen LogP contribution in [0.3, 0.4) is 0 Å². The van der Waals surface area contributed by atoms with Crippen LogP contribution >= 0.6 is 11.3 Å². The Hall–Kier alpha value is -3.53. The number of hydrogen-bond donors (Lipinski definition) is 2. The zero-order valence-corrected chi connectivity index (χ0v) is 15.4. The summed E-state index contributed by atoms with van der Waals surface area (Å²) >= 11 is 1.10. The predicted octanol–water partition coefficient (Wildman–Crippen LogP) is 3.39. The number of nitrogens with zero attached hydrogens (tertiary/aromatic N) is 3. The third-order valence-corrected chi connectivity index (χ3v) is 5.05. The summed E-state index contributed by atoms with van der Waals surface area (Å²) in [7, 11) is 1.38. The van der Waals surface area contributed by atoms with E-state index in [2.05, 4.69) is 25.9 Å². The van der Waals surface area contributed by atoms with E-state index in [-0.39, 0.29) is 23.2 Å². The van der Waals surface area contributed by atoms with Gasteiger partial charge in [0, 0.05) is 10.1 Å². The van der Waals surface area contributed by atoms with Gasteiger partial charge in [-0.05, 0) is 22.9 Å². The van der Waals surface area contributed by atoms with Gasteiger partial charge in [0.05, 0.1) is 7.11 Å². The van der Waals surface area contributed by atoms with E-state index in [4.69, 9.17) is 9.47 Å².